The number of aromatic nitrogens is 1. The van der Waals surface area contributed by atoms with Crippen molar-refractivity contribution in [1.82, 2.24) is 14.6 Å². The highest BCUT2D eigenvalue weighted by Gasteiger charge is 2.32. The number of nitrogens with zero attached hydrogens (tertiary/aromatic N) is 2. The summed E-state index contributed by atoms with van der Waals surface area (Å²) in [6.45, 7) is 2.31. The van der Waals surface area contributed by atoms with Gasteiger partial charge in [-0.2, -0.15) is 4.31 Å². The molecule has 1 amide bonds. The van der Waals surface area contributed by atoms with Crippen LogP contribution in [0.25, 0.3) is 0 Å². The highest BCUT2D eigenvalue weighted by molar-refractivity contribution is 7.89. The molecule has 1 fully saturated rings. The van der Waals surface area contributed by atoms with E-state index in [2.05, 4.69) is 10.3 Å². The number of carbonyl (C=O) groups is 1. The van der Waals surface area contributed by atoms with Crippen LogP contribution in [0.1, 0.15) is 36.4 Å². The Morgan fingerprint density at radius 1 is 1.37 bits per heavy atom. The molecule has 10 heteroatoms. The number of amides is 1. The second-order valence-corrected chi connectivity index (χ2v) is 9.19. The van der Waals surface area contributed by atoms with E-state index in [0.29, 0.717) is 25.6 Å². The first-order valence-corrected chi connectivity index (χ1v) is 10.7. The van der Waals surface area contributed by atoms with Gasteiger partial charge in [0.25, 0.3) is 0 Å². The Hall–Kier alpha value is -1.91. The molecule has 1 unspecified atom stereocenters. The van der Waals surface area contributed by atoms with Gasteiger partial charge in [-0.25, -0.2) is 22.2 Å². The predicted octanol–water partition coefficient (Wildman–Crippen LogP) is 2.63. The molecule has 6 nitrogen and oxygen atoms in total. The largest absolute Gasteiger partial charge is 0.351 e. The molecule has 0 aliphatic carbocycles. The molecule has 2 aromatic rings. The minimum atomic E-state index is -3.91. The lowest BCUT2D eigenvalue weighted by Crippen LogP contribution is -2.39. The third-order valence-corrected chi connectivity index (χ3v) is 7.27. The van der Waals surface area contributed by atoms with Crippen molar-refractivity contribution in [3.05, 3.63) is 45.9 Å². The molecule has 27 heavy (non-hydrogen) atoms. The molecule has 1 aromatic heterocycles. The van der Waals surface area contributed by atoms with Crippen LogP contribution in [-0.4, -0.2) is 36.7 Å². The molecule has 1 saturated heterocycles. The number of hydrogen-bond donors (Lipinski definition) is 1. The van der Waals surface area contributed by atoms with Crippen LogP contribution in [0.3, 0.4) is 0 Å². The van der Waals surface area contributed by atoms with Gasteiger partial charge in [-0.3, -0.25) is 4.79 Å². The third-order valence-electron chi connectivity index (χ3n) is 4.35. The molecule has 3 rings (SSSR count). The molecular weight excluding hydrogens is 396 g/mol. The van der Waals surface area contributed by atoms with Crippen molar-refractivity contribution in [2.24, 2.45) is 0 Å². The number of nitrogens with one attached hydrogen (secondary N) is 1. The Bertz CT molecular complexity index is 947. The van der Waals surface area contributed by atoms with Crippen molar-refractivity contribution >= 4 is 27.3 Å². The fourth-order valence-electron chi connectivity index (χ4n) is 2.96. The average molecular weight is 415 g/mol. The molecule has 0 radical (unpaired) electrons. The van der Waals surface area contributed by atoms with E-state index in [0.717, 1.165) is 29.3 Å². The van der Waals surface area contributed by atoms with E-state index in [1.807, 2.05) is 5.38 Å². The first-order valence-electron chi connectivity index (χ1n) is 8.41. The van der Waals surface area contributed by atoms with Gasteiger partial charge in [0.15, 0.2) is 11.6 Å². The molecule has 1 aliphatic heterocycles. The van der Waals surface area contributed by atoms with Crippen molar-refractivity contribution in [2.45, 2.75) is 37.1 Å². The quantitative estimate of drug-likeness (QED) is 0.814. The van der Waals surface area contributed by atoms with Gasteiger partial charge < -0.3 is 5.32 Å². The summed E-state index contributed by atoms with van der Waals surface area (Å²) in [5.74, 6) is -2.49. The lowest BCUT2D eigenvalue weighted by molar-refractivity contribution is -0.119. The van der Waals surface area contributed by atoms with E-state index in [1.54, 1.807) is 0 Å². The van der Waals surface area contributed by atoms with Crippen LogP contribution < -0.4 is 5.32 Å². The first-order chi connectivity index (χ1) is 12.8. The molecule has 0 spiro atoms. The van der Waals surface area contributed by atoms with Gasteiger partial charge >= 0.3 is 0 Å². The molecule has 1 aromatic carbocycles. The van der Waals surface area contributed by atoms with Gasteiger partial charge in [-0.15, -0.1) is 11.3 Å². The maximum Gasteiger partial charge on any atom is 0.243 e. The monoisotopic (exact) mass is 415 g/mol. The van der Waals surface area contributed by atoms with Crippen molar-refractivity contribution in [2.75, 3.05) is 13.1 Å². The zero-order chi connectivity index (χ0) is 19.6. The minimum Gasteiger partial charge on any atom is -0.351 e. The Kier molecular flexibility index (Phi) is 5.87. The molecule has 146 valence electrons. The van der Waals surface area contributed by atoms with E-state index < -0.39 is 21.7 Å². The summed E-state index contributed by atoms with van der Waals surface area (Å²) >= 11 is 1.43. The van der Waals surface area contributed by atoms with Gasteiger partial charge in [-0.05, 0) is 31.0 Å². The van der Waals surface area contributed by atoms with E-state index >= 15 is 0 Å². The Morgan fingerprint density at radius 3 is 2.85 bits per heavy atom. The van der Waals surface area contributed by atoms with Crippen LogP contribution in [0.5, 0.6) is 0 Å². The number of carbonyl (C=O) groups excluding carboxylic acids is 1. The van der Waals surface area contributed by atoms with Crippen LogP contribution in [0.4, 0.5) is 8.78 Å². The van der Waals surface area contributed by atoms with E-state index in [4.69, 9.17) is 0 Å². The Labute approximate surface area is 160 Å². The van der Waals surface area contributed by atoms with Crippen LogP contribution >= 0.6 is 11.3 Å². The summed E-state index contributed by atoms with van der Waals surface area (Å²) in [6, 6.07) is 2.61. The standard InChI is InChI=1S/C17H19F2N3O3S2/c1-11(23)20-8-13-10-26-17(21-13)12-3-2-6-22(9-12)27(24,25)14-4-5-15(18)16(19)7-14/h4-5,7,10,12H,2-3,6,8-9H2,1H3,(H,20,23). The maximum absolute atomic E-state index is 13.5. The Morgan fingerprint density at radius 2 is 2.15 bits per heavy atom. The summed E-state index contributed by atoms with van der Waals surface area (Å²) < 4.78 is 53.4. The number of benzene rings is 1. The zero-order valence-electron chi connectivity index (χ0n) is 14.6. The van der Waals surface area contributed by atoms with Crippen LogP contribution in [0.15, 0.2) is 28.5 Å². The smallest absolute Gasteiger partial charge is 0.243 e. The van der Waals surface area contributed by atoms with Gasteiger partial charge in [-0.1, -0.05) is 0 Å². The minimum absolute atomic E-state index is 0.0742. The molecule has 1 atom stereocenters. The van der Waals surface area contributed by atoms with Crippen molar-refractivity contribution in [3.8, 4) is 0 Å². The van der Waals surface area contributed by atoms with Gasteiger partial charge in [0.2, 0.25) is 15.9 Å². The van der Waals surface area contributed by atoms with Gasteiger partial charge in [0.1, 0.15) is 0 Å². The van der Waals surface area contributed by atoms with Gasteiger partial charge in [0.05, 0.1) is 22.1 Å². The van der Waals surface area contributed by atoms with Crippen LogP contribution in [0, 0.1) is 11.6 Å². The number of halogens is 2. The average Bonchev–Trinajstić information content (AvgIpc) is 3.11. The second kappa shape index (κ2) is 7.99. The lowest BCUT2D eigenvalue weighted by Gasteiger charge is -2.31. The van der Waals surface area contributed by atoms with Crippen molar-refractivity contribution in [3.63, 3.8) is 0 Å². The molecule has 1 aliphatic rings. The second-order valence-electron chi connectivity index (χ2n) is 6.36. The number of thiazole rings is 1. The van der Waals surface area contributed by atoms with E-state index in [1.165, 1.54) is 22.6 Å². The zero-order valence-corrected chi connectivity index (χ0v) is 16.2. The number of sulfonamides is 1. The molecule has 1 N–H and O–H groups in total. The molecule has 0 saturated carbocycles. The number of hydrogen-bond acceptors (Lipinski definition) is 5. The predicted molar refractivity (Wildman–Crippen MR) is 96.7 cm³/mol. The summed E-state index contributed by atoms with van der Waals surface area (Å²) in [4.78, 5) is 15.2. The molecular formula is C17H19F2N3O3S2. The summed E-state index contributed by atoms with van der Waals surface area (Å²) in [6.07, 6.45) is 1.44. The van der Waals surface area contributed by atoms with E-state index in [9.17, 15) is 22.0 Å². The van der Waals surface area contributed by atoms with Gasteiger partial charge in [0, 0.05) is 31.3 Å². The Balaban J connectivity index is 1.75. The van der Waals surface area contributed by atoms with Crippen molar-refractivity contribution < 1.29 is 22.0 Å². The molecule has 2 heterocycles. The number of rotatable bonds is 5. The summed E-state index contributed by atoms with van der Waals surface area (Å²) in [5, 5.41) is 5.32. The summed E-state index contributed by atoms with van der Waals surface area (Å²) in [5.41, 5.74) is 0.728. The highest BCUT2D eigenvalue weighted by atomic mass is 32.2. The highest BCUT2D eigenvalue weighted by Crippen LogP contribution is 2.32. The van der Waals surface area contributed by atoms with E-state index in [-0.39, 0.29) is 23.3 Å². The normalized spacial score (nSPS) is 18.4. The fraction of sp³-hybridized carbons (Fsp3) is 0.412. The topological polar surface area (TPSA) is 79.4 Å². The SMILES string of the molecule is CC(=O)NCc1csc(C2CCCN(S(=O)(=O)c3ccc(F)c(F)c3)C2)n1. The fourth-order valence-corrected chi connectivity index (χ4v) is 5.44. The first kappa shape index (κ1) is 19.8. The molecule has 0 bridgehead atoms. The van der Waals surface area contributed by atoms with Crippen LogP contribution in [-0.2, 0) is 21.4 Å². The number of piperidine rings is 1. The van der Waals surface area contributed by atoms with Crippen molar-refractivity contribution in [1.29, 1.82) is 0 Å². The summed E-state index contributed by atoms with van der Waals surface area (Å²) in [7, 11) is -3.91. The lowest BCUT2D eigenvalue weighted by atomic mass is 10.0. The maximum atomic E-state index is 13.5. The third kappa shape index (κ3) is 4.50. The van der Waals surface area contributed by atoms with Crippen LogP contribution in [0.2, 0.25) is 0 Å².